The third-order valence-electron chi connectivity index (χ3n) is 1.63. The highest BCUT2D eigenvalue weighted by atomic mass is 32.3. The average molecular weight is 244 g/mol. The monoisotopic (exact) mass is 244 g/mol. The van der Waals surface area contributed by atoms with Gasteiger partial charge in [0.25, 0.3) is 0 Å². The van der Waals surface area contributed by atoms with Crippen molar-refractivity contribution < 1.29 is 27.7 Å². The number of nitrogens with zero attached hydrogens (tertiary/aromatic N) is 1. The minimum atomic E-state index is -4.67. The largest absolute Gasteiger partial charge is 0.394 e. The summed E-state index contributed by atoms with van der Waals surface area (Å²) in [6.45, 7) is 4.11. The summed E-state index contributed by atoms with van der Waals surface area (Å²) >= 11 is 0. The predicted molar refractivity (Wildman–Crippen MR) is 51.7 cm³/mol. The Hall–Kier alpha value is -0.290. The van der Waals surface area contributed by atoms with E-state index in [4.69, 9.17) is 27.7 Å². The third kappa shape index (κ3) is 13.7. The standard InChI is InChI=1S/C6H14N2O2.H2O4S/c9-6(10)5-8-3-1-7-2-4-8;1-5(2,3)4/h6-7,9-10H,1-5H2;(H2,1,2,3,4). The lowest BCUT2D eigenvalue weighted by Crippen LogP contribution is -2.46. The van der Waals surface area contributed by atoms with Gasteiger partial charge >= 0.3 is 10.4 Å². The number of β-amino-alcohol motifs (C(OH)–C–C–N with tert-alkyl or cyclic N) is 2. The van der Waals surface area contributed by atoms with Crippen molar-refractivity contribution in [3.8, 4) is 0 Å². The molecule has 0 aromatic carbocycles. The number of hydrogen-bond acceptors (Lipinski definition) is 6. The first-order valence-corrected chi connectivity index (χ1v) is 5.68. The van der Waals surface area contributed by atoms with Gasteiger partial charge < -0.3 is 15.5 Å². The lowest BCUT2D eigenvalue weighted by molar-refractivity contribution is -0.0625. The average Bonchev–Trinajstić information content (AvgIpc) is 2.01. The van der Waals surface area contributed by atoms with Crippen molar-refractivity contribution in [1.29, 1.82) is 0 Å². The van der Waals surface area contributed by atoms with Gasteiger partial charge in [0.15, 0.2) is 6.29 Å². The Bertz CT molecular complexity index is 240. The van der Waals surface area contributed by atoms with Crippen molar-refractivity contribution in [2.75, 3.05) is 32.7 Å². The van der Waals surface area contributed by atoms with Gasteiger partial charge in [0.1, 0.15) is 0 Å². The van der Waals surface area contributed by atoms with Crippen LogP contribution in [0.4, 0.5) is 0 Å². The van der Waals surface area contributed by atoms with Crippen LogP contribution in [0.1, 0.15) is 0 Å². The first kappa shape index (κ1) is 14.7. The van der Waals surface area contributed by atoms with E-state index in [1.165, 1.54) is 0 Å². The molecule has 0 unspecified atom stereocenters. The fourth-order valence-electron chi connectivity index (χ4n) is 1.12. The third-order valence-corrected chi connectivity index (χ3v) is 1.63. The minimum absolute atomic E-state index is 0.377. The van der Waals surface area contributed by atoms with Crippen LogP contribution >= 0.6 is 0 Å². The van der Waals surface area contributed by atoms with Gasteiger partial charge in [0.05, 0.1) is 0 Å². The highest BCUT2D eigenvalue weighted by molar-refractivity contribution is 7.79. The van der Waals surface area contributed by atoms with Gasteiger partial charge in [0.2, 0.25) is 0 Å². The maximum absolute atomic E-state index is 8.74. The Kier molecular flexibility index (Phi) is 6.92. The van der Waals surface area contributed by atoms with Crippen molar-refractivity contribution in [3.63, 3.8) is 0 Å². The Morgan fingerprint density at radius 2 is 1.60 bits per heavy atom. The van der Waals surface area contributed by atoms with Crippen LogP contribution in [0, 0.1) is 0 Å². The van der Waals surface area contributed by atoms with E-state index < -0.39 is 16.7 Å². The van der Waals surface area contributed by atoms with Crippen LogP contribution in [0.25, 0.3) is 0 Å². The summed E-state index contributed by atoms with van der Waals surface area (Å²) in [4.78, 5) is 2.03. The van der Waals surface area contributed by atoms with Gasteiger partial charge in [-0.05, 0) is 0 Å². The van der Waals surface area contributed by atoms with Gasteiger partial charge in [-0.25, -0.2) is 0 Å². The van der Waals surface area contributed by atoms with Crippen LogP contribution < -0.4 is 5.32 Å². The van der Waals surface area contributed by atoms with Crippen molar-refractivity contribution >= 4 is 10.4 Å². The SMILES string of the molecule is O=S(=O)(O)O.OC(O)CN1CCNCC1. The maximum Gasteiger partial charge on any atom is 0.394 e. The molecule has 0 atom stereocenters. The molecule has 92 valence electrons. The maximum atomic E-state index is 8.74. The predicted octanol–water partition coefficient (Wildman–Crippen LogP) is -2.45. The highest BCUT2D eigenvalue weighted by Crippen LogP contribution is 1.92. The van der Waals surface area contributed by atoms with E-state index in [0.717, 1.165) is 26.2 Å². The molecule has 9 heteroatoms. The van der Waals surface area contributed by atoms with Crippen molar-refractivity contribution in [2.45, 2.75) is 6.29 Å². The van der Waals surface area contributed by atoms with E-state index >= 15 is 0 Å². The van der Waals surface area contributed by atoms with Crippen molar-refractivity contribution in [1.82, 2.24) is 10.2 Å². The highest BCUT2D eigenvalue weighted by Gasteiger charge is 2.11. The zero-order valence-electron chi connectivity index (χ0n) is 8.07. The summed E-state index contributed by atoms with van der Waals surface area (Å²) < 4.78 is 31.6. The number of nitrogens with one attached hydrogen (secondary N) is 1. The zero-order chi connectivity index (χ0) is 11.9. The molecule has 0 saturated carbocycles. The van der Waals surface area contributed by atoms with Gasteiger partial charge in [-0.2, -0.15) is 8.42 Å². The summed E-state index contributed by atoms with van der Waals surface area (Å²) in [5.74, 6) is 0. The van der Waals surface area contributed by atoms with Gasteiger partial charge in [0, 0.05) is 32.7 Å². The summed E-state index contributed by atoms with van der Waals surface area (Å²) in [6.07, 6.45) is -1.18. The molecule has 8 nitrogen and oxygen atoms in total. The smallest absolute Gasteiger partial charge is 0.367 e. The van der Waals surface area contributed by atoms with E-state index in [9.17, 15) is 0 Å². The van der Waals surface area contributed by atoms with Crippen LogP contribution in [0.3, 0.4) is 0 Å². The van der Waals surface area contributed by atoms with Crippen LogP contribution in [-0.4, -0.2) is 71.7 Å². The Balaban J connectivity index is 0.000000336. The molecule has 1 fully saturated rings. The second-order valence-electron chi connectivity index (χ2n) is 2.98. The molecule has 5 N–H and O–H groups in total. The number of aliphatic hydroxyl groups excluding tert-OH is 1. The second kappa shape index (κ2) is 7.06. The summed E-state index contributed by atoms with van der Waals surface area (Å²) in [5.41, 5.74) is 0. The van der Waals surface area contributed by atoms with E-state index in [2.05, 4.69) is 5.32 Å². The van der Waals surface area contributed by atoms with Gasteiger partial charge in [-0.3, -0.25) is 14.0 Å². The van der Waals surface area contributed by atoms with Crippen LogP contribution in [0.5, 0.6) is 0 Å². The molecule has 0 aliphatic carbocycles. The number of hydrogen-bond donors (Lipinski definition) is 5. The molecule has 1 aliphatic heterocycles. The molecular formula is C6H16N2O6S. The molecule has 0 aromatic rings. The fourth-order valence-corrected chi connectivity index (χ4v) is 1.12. The first-order valence-electron chi connectivity index (χ1n) is 4.28. The Labute approximate surface area is 88.1 Å². The summed E-state index contributed by atoms with van der Waals surface area (Å²) in [5, 5.41) is 20.4. The number of aliphatic hydroxyl groups is 2. The molecule has 1 heterocycles. The molecule has 0 spiro atoms. The summed E-state index contributed by atoms with van der Waals surface area (Å²) in [7, 11) is -4.67. The Morgan fingerprint density at radius 1 is 1.20 bits per heavy atom. The normalized spacial score (nSPS) is 18.5. The van der Waals surface area contributed by atoms with E-state index in [1.807, 2.05) is 4.90 Å². The topological polar surface area (TPSA) is 130 Å². The number of rotatable bonds is 2. The lowest BCUT2D eigenvalue weighted by Gasteiger charge is -2.27. The molecule has 0 amide bonds. The minimum Gasteiger partial charge on any atom is -0.367 e. The van der Waals surface area contributed by atoms with E-state index in [0.29, 0.717) is 6.54 Å². The van der Waals surface area contributed by atoms with Crippen molar-refractivity contribution in [3.05, 3.63) is 0 Å². The van der Waals surface area contributed by atoms with Gasteiger partial charge in [-0.1, -0.05) is 0 Å². The van der Waals surface area contributed by atoms with Crippen LogP contribution in [0.2, 0.25) is 0 Å². The van der Waals surface area contributed by atoms with Crippen molar-refractivity contribution in [2.24, 2.45) is 0 Å². The molecule has 15 heavy (non-hydrogen) atoms. The summed E-state index contributed by atoms with van der Waals surface area (Å²) in [6, 6.07) is 0. The molecular weight excluding hydrogens is 228 g/mol. The van der Waals surface area contributed by atoms with Crippen LogP contribution in [0.15, 0.2) is 0 Å². The zero-order valence-corrected chi connectivity index (χ0v) is 8.89. The second-order valence-corrected chi connectivity index (χ2v) is 3.87. The number of piperazine rings is 1. The van der Waals surface area contributed by atoms with Gasteiger partial charge in [-0.15, -0.1) is 0 Å². The molecule has 1 saturated heterocycles. The molecule has 0 aromatic heterocycles. The van der Waals surface area contributed by atoms with Crippen LogP contribution in [-0.2, 0) is 10.4 Å². The molecule has 1 aliphatic rings. The molecule has 0 radical (unpaired) electrons. The fraction of sp³-hybridized carbons (Fsp3) is 1.00. The lowest BCUT2D eigenvalue weighted by atomic mass is 10.3. The quantitative estimate of drug-likeness (QED) is 0.267. The molecule has 1 rings (SSSR count). The molecule has 0 bridgehead atoms. The first-order chi connectivity index (χ1) is 6.79. The van der Waals surface area contributed by atoms with E-state index in [1.54, 1.807) is 0 Å². The Morgan fingerprint density at radius 3 is 1.93 bits per heavy atom. The van der Waals surface area contributed by atoms with E-state index in [-0.39, 0.29) is 0 Å².